The van der Waals surface area contributed by atoms with Gasteiger partial charge in [0, 0.05) is 38.6 Å². The van der Waals surface area contributed by atoms with Crippen LogP contribution in [-0.2, 0) is 13.5 Å². The third-order valence-corrected chi connectivity index (χ3v) is 5.89. The maximum Gasteiger partial charge on any atom is 0.0492 e. The molecule has 4 aromatic rings. The fourth-order valence-corrected chi connectivity index (χ4v) is 4.63. The summed E-state index contributed by atoms with van der Waals surface area (Å²) < 4.78 is 2.32. The highest BCUT2D eigenvalue weighted by Gasteiger charge is 2.18. The predicted octanol–water partition coefficient (Wildman–Crippen LogP) is 5.39. The quantitative estimate of drug-likeness (QED) is 0.371. The molecule has 0 aliphatic carbocycles. The lowest BCUT2D eigenvalue weighted by atomic mass is 10.0. The van der Waals surface area contributed by atoms with Gasteiger partial charge in [-0.1, -0.05) is 48.2 Å². The SMILES string of the molecule is Cn1c2ccccc2c2cc3c(cc21)Cc1ccccc1S3. The van der Waals surface area contributed by atoms with Crippen molar-refractivity contribution in [1.82, 2.24) is 4.57 Å². The van der Waals surface area contributed by atoms with Gasteiger partial charge in [-0.2, -0.15) is 0 Å². The van der Waals surface area contributed by atoms with Gasteiger partial charge >= 0.3 is 0 Å². The van der Waals surface area contributed by atoms with Crippen LogP contribution in [0, 0.1) is 0 Å². The average molecular weight is 301 g/mol. The lowest BCUT2D eigenvalue weighted by Gasteiger charge is -2.19. The minimum Gasteiger partial charge on any atom is -0.344 e. The van der Waals surface area contributed by atoms with Crippen LogP contribution < -0.4 is 0 Å². The molecule has 5 rings (SSSR count). The molecule has 106 valence electrons. The monoisotopic (exact) mass is 301 g/mol. The molecular weight excluding hydrogens is 286 g/mol. The van der Waals surface area contributed by atoms with Gasteiger partial charge in [-0.25, -0.2) is 0 Å². The Bertz CT molecular complexity index is 1040. The number of para-hydroxylation sites is 1. The third-order valence-electron chi connectivity index (χ3n) is 4.67. The van der Waals surface area contributed by atoms with Crippen molar-refractivity contribution in [3.63, 3.8) is 0 Å². The van der Waals surface area contributed by atoms with E-state index in [1.807, 2.05) is 11.8 Å². The van der Waals surface area contributed by atoms with Crippen LogP contribution in [0.5, 0.6) is 0 Å². The maximum atomic E-state index is 2.38. The van der Waals surface area contributed by atoms with Crippen LogP contribution >= 0.6 is 11.8 Å². The van der Waals surface area contributed by atoms with Gasteiger partial charge in [0.2, 0.25) is 0 Å². The Labute approximate surface area is 133 Å². The molecule has 0 spiro atoms. The molecule has 0 bridgehead atoms. The van der Waals surface area contributed by atoms with Gasteiger partial charge in [-0.05, 0) is 41.8 Å². The number of fused-ring (bicyclic) bond motifs is 5. The normalized spacial score (nSPS) is 13.3. The summed E-state index contributed by atoms with van der Waals surface area (Å²) in [5.41, 5.74) is 5.53. The van der Waals surface area contributed by atoms with Crippen molar-refractivity contribution < 1.29 is 0 Å². The molecule has 0 unspecified atom stereocenters. The smallest absolute Gasteiger partial charge is 0.0492 e. The summed E-state index contributed by atoms with van der Waals surface area (Å²) in [4.78, 5) is 2.80. The Morgan fingerprint density at radius 3 is 2.55 bits per heavy atom. The molecule has 1 aliphatic rings. The van der Waals surface area contributed by atoms with Crippen LogP contribution in [0.2, 0.25) is 0 Å². The second-order valence-corrected chi connectivity index (χ2v) is 7.02. The van der Waals surface area contributed by atoms with Crippen molar-refractivity contribution >= 4 is 33.6 Å². The highest BCUT2D eigenvalue weighted by atomic mass is 32.2. The van der Waals surface area contributed by atoms with E-state index in [0.29, 0.717) is 0 Å². The van der Waals surface area contributed by atoms with Crippen LogP contribution in [0.3, 0.4) is 0 Å². The van der Waals surface area contributed by atoms with Gasteiger partial charge in [0.1, 0.15) is 0 Å². The van der Waals surface area contributed by atoms with Gasteiger partial charge in [0.05, 0.1) is 0 Å². The first kappa shape index (κ1) is 12.4. The number of nitrogens with zero attached hydrogens (tertiary/aromatic N) is 1. The molecule has 22 heavy (non-hydrogen) atoms. The van der Waals surface area contributed by atoms with Crippen molar-refractivity contribution in [2.75, 3.05) is 0 Å². The van der Waals surface area contributed by atoms with E-state index in [1.165, 1.54) is 42.7 Å². The van der Waals surface area contributed by atoms with E-state index in [1.54, 1.807) is 0 Å². The number of hydrogen-bond donors (Lipinski definition) is 0. The van der Waals surface area contributed by atoms with E-state index >= 15 is 0 Å². The summed E-state index contributed by atoms with van der Waals surface area (Å²) >= 11 is 1.91. The lowest BCUT2D eigenvalue weighted by molar-refractivity contribution is 1.00. The zero-order valence-corrected chi connectivity index (χ0v) is 13.2. The highest BCUT2D eigenvalue weighted by Crippen LogP contribution is 2.42. The van der Waals surface area contributed by atoms with Gasteiger partial charge in [0.15, 0.2) is 0 Å². The molecule has 1 aliphatic heterocycles. The molecular formula is C20H15NS. The van der Waals surface area contributed by atoms with Gasteiger partial charge in [-0.15, -0.1) is 0 Å². The molecule has 3 aromatic carbocycles. The summed E-state index contributed by atoms with van der Waals surface area (Å²) in [7, 11) is 2.17. The summed E-state index contributed by atoms with van der Waals surface area (Å²) in [6.45, 7) is 0. The summed E-state index contributed by atoms with van der Waals surface area (Å²) in [6, 6.07) is 22.2. The molecule has 0 saturated heterocycles. The number of benzene rings is 3. The Morgan fingerprint density at radius 1 is 0.773 bits per heavy atom. The molecule has 1 nitrogen and oxygen atoms in total. The predicted molar refractivity (Wildman–Crippen MR) is 93.8 cm³/mol. The Hall–Kier alpha value is -2.19. The van der Waals surface area contributed by atoms with E-state index in [4.69, 9.17) is 0 Å². The van der Waals surface area contributed by atoms with Crippen molar-refractivity contribution in [3.05, 3.63) is 71.8 Å². The van der Waals surface area contributed by atoms with Crippen molar-refractivity contribution in [3.8, 4) is 0 Å². The van der Waals surface area contributed by atoms with Crippen LogP contribution in [0.4, 0.5) is 0 Å². The maximum absolute atomic E-state index is 2.38. The van der Waals surface area contributed by atoms with Crippen LogP contribution in [-0.4, -0.2) is 4.57 Å². The van der Waals surface area contributed by atoms with E-state index in [-0.39, 0.29) is 0 Å². The number of aryl methyl sites for hydroxylation is 1. The molecule has 0 atom stereocenters. The highest BCUT2D eigenvalue weighted by molar-refractivity contribution is 7.99. The molecule has 0 N–H and O–H groups in total. The molecule has 0 fully saturated rings. The van der Waals surface area contributed by atoms with E-state index < -0.39 is 0 Å². The van der Waals surface area contributed by atoms with Crippen molar-refractivity contribution in [1.29, 1.82) is 0 Å². The molecule has 2 heterocycles. The zero-order chi connectivity index (χ0) is 14.7. The first-order chi connectivity index (χ1) is 10.8. The second kappa shape index (κ2) is 4.40. The Balaban J connectivity index is 1.82. The first-order valence-corrected chi connectivity index (χ1v) is 8.39. The molecule has 0 saturated carbocycles. The van der Waals surface area contributed by atoms with Crippen LogP contribution in [0.1, 0.15) is 11.1 Å². The van der Waals surface area contributed by atoms with Crippen molar-refractivity contribution in [2.24, 2.45) is 7.05 Å². The minimum absolute atomic E-state index is 1.04. The molecule has 1 aromatic heterocycles. The average Bonchev–Trinajstić information content (AvgIpc) is 2.84. The first-order valence-electron chi connectivity index (χ1n) is 7.57. The minimum atomic E-state index is 1.04. The Morgan fingerprint density at radius 2 is 1.59 bits per heavy atom. The molecule has 0 radical (unpaired) electrons. The van der Waals surface area contributed by atoms with E-state index in [2.05, 4.69) is 72.3 Å². The van der Waals surface area contributed by atoms with E-state index in [9.17, 15) is 0 Å². The van der Waals surface area contributed by atoms with Gasteiger partial charge in [-0.3, -0.25) is 0 Å². The zero-order valence-electron chi connectivity index (χ0n) is 12.3. The Kier molecular flexibility index (Phi) is 2.47. The largest absolute Gasteiger partial charge is 0.344 e. The van der Waals surface area contributed by atoms with Crippen molar-refractivity contribution in [2.45, 2.75) is 16.2 Å². The standard InChI is InChI=1S/C20H15NS/c1-21-17-8-4-3-7-15(17)16-12-20-14(11-18(16)21)10-13-6-2-5-9-19(13)22-20/h2-9,11-12H,10H2,1H3. The summed E-state index contributed by atoms with van der Waals surface area (Å²) in [6.07, 6.45) is 1.04. The lowest BCUT2D eigenvalue weighted by Crippen LogP contribution is -1.99. The van der Waals surface area contributed by atoms with Crippen LogP contribution in [0.15, 0.2) is 70.5 Å². The molecule has 0 amide bonds. The molecule has 2 heteroatoms. The van der Waals surface area contributed by atoms with Gasteiger partial charge in [0.25, 0.3) is 0 Å². The topological polar surface area (TPSA) is 4.93 Å². The number of rotatable bonds is 0. The number of hydrogen-bond acceptors (Lipinski definition) is 1. The number of aromatic nitrogens is 1. The second-order valence-electron chi connectivity index (χ2n) is 5.94. The van der Waals surface area contributed by atoms with Crippen LogP contribution in [0.25, 0.3) is 21.8 Å². The van der Waals surface area contributed by atoms with Gasteiger partial charge < -0.3 is 4.57 Å². The summed E-state index contributed by atoms with van der Waals surface area (Å²) in [5, 5.41) is 2.71. The third kappa shape index (κ3) is 1.62. The fraction of sp³-hybridized carbons (Fsp3) is 0.100. The van der Waals surface area contributed by atoms with E-state index in [0.717, 1.165) is 6.42 Å². The fourth-order valence-electron chi connectivity index (χ4n) is 3.53. The summed E-state index contributed by atoms with van der Waals surface area (Å²) in [5.74, 6) is 0.